The Morgan fingerprint density at radius 3 is 2.76 bits per heavy atom. The van der Waals surface area contributed by atoms with Crippen molar-refractivity contribution in [1.29, 1.82) is 0 Å². The number of amides is 1. The minimum Gasteiger partial charge on any atom is -0.322 e. The van der Waals surface area contributed by atoms with Gasteiger partial charge in [-0.05, 0) is 40.2 Å². The molecule has 3 nitrogen and oxygen atoms in total. The summed E-state index contributed by atoms with van der Waals surface area (Å²) < 4.78 is 0.748. The van der Waals surface area contributed by atoms with Gasteiger partial charge in [-0.1, -0.05) is 23.7 Å². The molecule has 0 spiro atoms. The quantitative estimate of drug-likeness (QED) is 0.858. The van der Waals surface area contributed by atoms with Crippen molar-refractivity contribution in [1.82, 2.24) is 4.98 Å². The van der Waals surface area contributed by atoms with E-state index in [0.29, 0.717) is 16.4 Å². The normalized spacial score (nSPS) is 10.0. The van der Waals surface area contributed by atoms with Crippen LogP contribution < -0.4 is 5.32 Å². The van der Waals surface area contributed by atoms with Crippen molar-refractivity contribution in [3.05, 3.63) is 57.8 Å². The molecule has 0 saturated heterocycles. The zero-order valence-electron chi connectivity index (χ0n) is 8.65. The highest BCUT2D eigenvalue weighted by Gasteiger charge is 2.09. The van der Waals surface area contributed by atoms with Crippen LogP contribution in [-0.4, -0.2) is 10.9 Å². The molecule has 0 fully saturated rings. The summed E-state index contributed by atoms with van der Waals surface area (Å²) in [4.78, 5) is 15.8. The molecule has 0 aliphatic rings. The number of rotatable bonds is 2. The molecule has 2 rings (SSSR count). The summed E-state index contributed by atoms with van der Waals surface area (Å²) in [5.41, 5.74) is 1.19. The Balaban J connectivity index is 2.20. The van der Waals surface area contributed by atoms with Gasteiger partial charge in [0.2, 0.25) is 0 Å². The fourth-order valence-electron chi connectivity index (χ4n) is 1.32. The van der Waals surface area contributed by atoms with E-state index in [9.17, 15) is 4.79 Å². The van der Waals surface area contributed by atoms with Crippen LogP contribution in [-0.2, 0) is 0 Å². The molecular weight excluding hydrogens is 304 g/mol. The summed E-state index contributed by atoms with van der Waals surface area (Å²) in [6, 6.07) is 10.5. The lowest BCUT2D eigenvalue weighted by atomic mass is 10.2. The van der Waals surface area contributed by atoms with Crippen molar-refractivity contribution in [2.45, 2.75) is 0 Å². The maximum Gasteiger partial charge on any atom is 0.256 e. The predicted octanol–water partition coefficient (Wildman–Crippen LogP) is 3.75. The molecule has 2 aromatic rings. The standard InChI is InChI=1S/C12H8BrClN2O/c13-10-4-2-1-3-9(10)12(17)16-8-5-6-15-11(14)7-8/h1-7H,(H,15,16,17). The molecule has 0 saturated carbocycles. The fourth-order valence-corrected chi connectivity index (χ4v) is 1.96. The van der Waals surface area contributed by atoms with Crippen LogP contribution in [0.1, 0.15) is 10.4 Å². The molecular formula is C12H8BrClN2O. The van der Waals surface area contributed by atoms with Gasteiger partial charge in [0.05, 0.1) is 5.56 Å². The van der Waals surface area contributed by atoms with E-state index in [1.54, 1.807) is 24.3 Å². The highest BCUT2D eigenvalue weighted by Crippen LogP contribution is 2.18. The maximum atomic E-state index is 11.9. The first-order valence-electron chi connectivity index (χ1n) is 4.84. The molecule has 17 heavy (non-hydrogen) atoms. The molecule has 0 unspecified atom stereocenters. The summed E-state index contributed by atoms with van der Waals surface area (Å²) in [6.07, 6.45) is 1.54. The lowest BCUT2D eigenvalue weighted by molar-refractivity contribution is 0.102. The first-order chi connectivity index (χ1) is 8.16. The van der Waals surface area contributed by atoms with E-state index in [-0.39, 0.29) is 5.91 Å². The summed E-state index contributed by atoms with van der Waals surface area (Å²) >= 11 is 9.06. The summed E-state index contributed by atoms with van der Waals surface area (Å²) in [6.45, 7) is 0. The first-order valence-corrected chi connectivity index (χ1v) is 6.01. The SMILES string of the molecule is O=C(Nc1ccnc(Cl)c1)c1ccccc1Br. The summed E-state index contributed by atoms with van der Waals surface area (Å²) in [5.74, 6) is -0.195. The lowest BCUT2D eigenvalue weighted by Gasteiger charge is -2.06. The van der Waals surface area contributed by atoms with Gasteiger partial charge in [-0.15, -0.1) is 0 Å². The topological polar surface area (TPSA) is 42.0 Å². The number of anilines is 1. The molecule has 0 radical (unpaired) electrons. The monoisotopic (exact) mass is 310 g/mol. The van der Waals surface area contributed by atoms with Crippen LogP contribution in [0.3, 0.4) is 0 Å². The zero-order valence-corrected chi connectivity index (χ0v) is 11.0. The van der Waals surface area contributed by atoms with Gasteiger partial charge in [-0.25, -0.2) is 4.98 Å². The molecule has 1 N–H and O–H groups in total. The third-order valence-corrected chi connectivity index (χ3v) is 3.00. The number of carbonyl (C=O) groups excluding carboxylic acids is 1. The highest BCUT2D eigenvalue weighted by molar-refractivity contribution is 9.10. The number of carbonyl (C=O) groups is 1. The Hall–Kier alpha value is -1.39. The second-order valence-electron chi connectivity index (χ2n) is 3.30. The van der Waals surface area contributed by atoms with Crippen LogP contribution >= 0.6 is 27.5 Å². The van der Waals surface area contributed by atoms with E-state index < -0.39 is 0 Å². The molecule has 1 aromatic heterocycles. The van der Waals surface area contributed by atoms with Gasteiger partial charge in [0.1, 0.15) is 5.15 Å². The van der Waals surface area contributed by atoms with E-state index in [4.69, 9.17) is 11.6 Å². The minimum atomic E-state index is -0.195. The van der Waals surface area contributed by atoms with Crippen molar-refractivity contribution >= 4 is 39.1 Å². The Bertz CT molecular complexity index is 560. The van der Waals surface area contributed by atoms with E-state index >= 15 is 0 Å². The number of benzene rings is 1. The maximum absolute atomic E-state index is 11.9. The number of hydrogen-bond donors (Lipinski definition) is 1. The molecule has 5 heteroatoms. The zero-order chi connectivity index (χ0) is 12.3. The highest BCUT2D eigenvalue weighted by atomic mass is 79.9. The second kappa shape index (κ2) is 5.29. The van der Waals surface area contributed by atoms with E-state index in [0.717, 1.165) is 4.47 Å². The van der Waals surface area contributed by atoms with Crippen molar-refractivity contribution in [2.24, 2.45) is 0 Å². The van der Waals surface area contributed by atoms with Crippen molar-refractivity contribution < 1.29 is 4.79 Å². The molecule has 86 valence electrons. The molecule has 1 aromatic carbocycles. The summed E-state index contributed by atoms with van der Waals surface area (Å²) in [5, 5.41) is 3.09. The molecule has 0 atom stereocenters. The largest absolute Gasteiger partial charge is 0.322 e. The number of halogens is 2. The van der Waals surface area contributed by atoms with Gasteiger partial charge in [-0.2, -0.15) is 0 Å². The van der Waals surface area contributed by atoms with Gasteiger partial charge in [0.15, 0.2) is 0 Å². The van der Waals surface area contributed by atoms with Crippen LogP contribution in [0, 0.1) is 0 Å². The Labute approximate surface area is 112 Å². The second-order valence-corrected chi connectivity index (χ2v) is 4.54. The van der Waals surface area contributed by atoms with Gasteiger partial charge in [0.25, 0.3) is 5.91 Å². The molecule has 0 aliphatic heterocycles. The number of nitrogens with one attached hydrogen (secondary N) is 1. The third kappa shape index (κ3) is 3.05. The van der Waals surface area contributed by atoms with E-state index in [1.807, 2.05) is 12.1 Å². The van der Waals surface area contributed by atoms with Gasteiger partial charge < -0.3 is 5.32 Å². The van der Waals surface area contributed by atoms with Crippen molar-refractivity contribution in [3.63, 3.8) is 0 Å². The number of nitrogens with zero attached hydrogens (tertiary/aromatic N) is 1. The minimum absolute atomic E-state index is 0.195. The number of pyridine rings is 1. The third-order valence-electron chi connectivity index (χ3n) is 2.10. The molecule has 1 amide bonds. The van der Waals surface area contributed by atoms with Gasteiger partial charge in [-0.3, -0.25) is 4.79 Å². The first kappa shape index (κ1) is 12.1. The van der Waals surface area contributed by atoms with Crippen LogP contribution in [0.5, 0.6) is 0 Å². The Morgan fingerprint density at radius 2 is 2.06 bits per heavy atom. The predicted molar refractivity (Wildman–Crippen MR) is 71.3 cm³/mol. The summed E-state index contributed by atoms with van der Waals surface area (Å²) in [7, 11) is 0. The average molecular weight is 312 g/mol. The van der Waals surface area contributed by atoms with Gasteiger partial charge in [0, 0.05) is 16.4 Å². The van der Waals surface area contributed by atoms with Crippen LogP contribution in [0.25, 0.3) is 0 Å². The number of aromatic nitrogens is 1. The lowest BCUT2D eigenvalue weighted by Crippen LogP contribution is -2.12. The van der Waals surface area contributed by atoms with E-state index in [2.05, 4.69) is 26.2 Å². The number of hydrogen-bond acceptors (Lipinski definition) is 2. The van der Waals surface area contributed by atoms with Crippen LogP contribution in [0.2, 0.25) is 5.15 Å². The van der Waals surface area contributed by atoms with E-state index in [1.165, 1.54) is 6.20 Å². The average Bonchev–Trinajstić information content (AvgIpc) is 2.29. The van der Waals surface area contributed by atoms with Crippen molar-refractivity contribution in [2.75, 3.05) is 5.32 Å². The fraction of sp³-hybridized carbons (Fsp3) is 0. The van der Waals surface area contributed by atoms with Gasteiger partial charge >= 0.3 is 0 Å². The Kier molecular flexibility index (Phi) is 3.76. The van der Waals surface area contributed by atoms with Crippen LogP contribution in [0.15, 0.2) is 47.1 Å². The molecule has 0 bridgehead atoms. The smallest absolute Gasteiger partial charge is 0.256 e. The molecule has 1 heterocycles. The van der Waals surface area contributed by atoms with Crippen LogP contribution in [0.4, 0.5) is 5.69 Å². The molecule has 0 aliphatic carbocycles. The van der Waals surface area contributed by atoms with Crippen molar-refractivity contribution in [3.8, 4) is 0 Å². The Morgan fingerprint density at radius 1 is 1.29 bits per heavy atom.